The zero-order valence-electron chi connectivity index (χ0n) is 13.7. The molecule has 11 nitrogen and oxygen atoms in total. The molecule has 142 valence electrons. The van der Waals surface area contributed by atoms with Crippen LogP contribution < -0.4 is 10.0 Å². The monoisotopic (exact) mass is 394 g/mol. The molecular formula is C15H14N4O7S. The van der Waals surface area contributed by atoms with E-state index in [0.29, 0.717) is 5.69 Å². The van der Waals surface area contributed by atoms with Crippen LogP contribution in [-0.4, -0.2) is 30.7 Å². The number of anilines is 1. The number of para-hydroxylation sites is 1. The molecule has 2 N–H and O–H groups in total. The third-order valence-corrected chi connectivity index (χ3v) is 4.87. The van der Waals surface area contributed by atoms with E-state index < -0.39 is 36.4 Å². The van der Waals surface area contributed by atoms with Crippen LogP contribution in [0.4, 0.5) is 17.1 Å². The average Bonchev–Trinajstić information content (AvgIpc) is 2.62. The van der Waals surface area contributed by atoms with Gasteiger partial charge in [-0.25, -0.2) is 13.1 Å². The Labute approximate surface area is 153 Å². The summed E-state index contributed by atoms with van der Waals surface area (Å²) in [5, 5.41) is 23.9. The van der Waals surface area contributed by atoms with Gasteiger partial charge in [-0.15, -0.1) is 0 Å². The van der Waals surface area contributed by atoms with Crippen molar-refractivity contribution in [3.05, 3.63) is 68.8 Å². The van der Waals surface area contributed by atoms with Crippen molar-refractivity contribution >= 4 is 33.0 Å². The molecule has 12 heteroatoms. The molecular weight excluding hydrogens is 380 g/mol. The number of non-ortho nitro benzene ring substituents is 1. The number of nitro groups is 2. The van der Waals surface area contributed by atoms with E-state index in [4.69, 9.17) is 0 Å². The Morgan fingerprint density at radius 2 is 1.59 bits per heavy atom. The van der Waals surface area contributed by atoms with Gasteiger partial charge in [0.2, 0.25) is 15.9 Å². The normalized spacial score (nSPS) is 11.0. The Hall–Kier alpha value is -3.38. The molecule has 0 saturated heterocycles. The third-order valence-electron chi connectivity index (χ3n) is 3.36. The molecule has 0 atom stereocenters. The summed E-state index contributed by atoms with van der Waals surface area (Å²) in [6.07, 6.45) is -0.239. The average molecular weight is 394 g/mol. The highest BCUT2D eigenvalue weighted by Gasteiger charge is 2.24. The summed E-state index contributed by atoms with van der Waals surface area (Å²) < 4.78 is 26.5. The highest BCUT2D eigenvalue weighted by Crippen LogP contribution is 2.22. The van der Waals surface area contributed by atoms with E-state index in [-0.39, 0.29) is 18.7 Å². The smallest absolute Gasteiger partial charge is 0.289 e. The highest BCUT2D eigenvalue weighted by atomic mass is 32.2. The molecule has 1 amide bonds. The zero-order valence-corrected chi connectivity index (χ0v) is 14.5. The topological polar surface area (TPSA) is 162 Å². The van der Waals surface area contributed by atoms with Gasteiger partial charge in [0, 0.05) is 36.9 Å². The second kappa shape index (κ2) is 8.33. The van der Waals surface area contributed by atoms with Gasteiger partial charge in [0.25, 0.3) is 11.4 Å². The molecule has 0 aliphatic heterocycles. The molecule has 2 aromatic carbocycles. The van der Waals surface area contributed by atoms with Crippen molar-refractivity contribution in [1.82, 2.24) is 4.72 Å². The van der Waals surface area contributed by atoms with Gasteiger partial charge in [-0.3, -0.25) is 25.0 Å². The Kier molecular flexibility index (Phi) is 6.15. The molecule has 0 bridgehead atoms. The maximum atomic E-state index is 12.2. The van der Waals surface area contributed by atoms with Gasteiger partial charge in [-0.2, -0.15) is 0 Å². The van der Waals surface area contributed by atoms with Crippen molar-refractivity contribution in [1.29, 1.82) is 0 Å². The maximum Gasteiger partial charge on any atom is 0.289 e. The summed E-state index contributed by atoms with van der Waals surface area (Å²) in [5.41, 5.74) is -0.391. The number of rotatable bonds is 8. The molecule has 0 heterocycles. The number of carbonyl (C=O) groups is 1. The lowest BCUT2D eigenvalue weighted by molar-refractivity contribution is -0.387. The molecule has 2 rings (SSSR count). The SMILES string of the molecule is O=C(CCNS(=O)(=O)c1ccccc1[N+](=O)[O-])Nc1ccc([N+](=O)[O-])cc1. The molecule has 0 aromatic heterocycles. The van der Waals surface area contributed by atoms with E-state index in [2.05, 4.69) is 10.0 Å². The van der Waals surface area contributed by atoms with Crippen molar-refractivity contribution in [3.63, 3.8) is 0 Å². The van der Waals surface area contributed by atoms with Crippen LogP contribution in [0.2, 0.25) is 0 Å². The lowest BCUT2D eigenvalue weighted by Crippen LogP contribution is -2.28. The minimum absolute atomic E-state index is 0.134. The number of nitrogens with zero attached hydrogens (tertiary/aromatic N) is 2. The molecule has 0 spiro atoms. The first-order valence-electron chi connectivity index (χ1n) is 7.48. The lowest BCUT2D eigenvalue weighted by Gasteiger charge is -2.08. The minimum atomic E-state index is -4.17. The van der Waals surface area contributed by atoms with Gasteiger partial charge in [-0.05, 0) is 18.2 Å². The van der Waals surface area contributed by atoms with Gasteiger partial charge in [0.15, 0.2) is 4.90 Å². The zero-order chi connectivity index (χ0) is 20.0. The van der Waals surface area contributed by atoms with Crippen molar-refractivity contribution in [2.45, 2.75) is 11.3 Å². The Bertz CT molecular complexity index is 974. The Morgan fingerprint density at radius 1 is 0.963 bits per heavy atom. The number of amides is 1. The van der Waals surface area contributed by atoms with Crippen LogP contribution in [0.3, 0.4) is 0 Å². The predicted octanol–water partition coefficient (Wildman–Crippen LogP) is 1.81. The van der Waals surface area contributed by atoms with Crippen LogP contribution in [0, 0.1) is 20.2 Å². The van der Waals surface area contributed by atoms with E-state index in [1.54, 1.807) is 0 Å². The number of carbonyl (C=O) groups excluding carboxylic acids is 1. The van der Waals surface area contributed by atoms with Crippen molar-refractivity contribution < 1.29 is 23.1 Å². The first kappa shape index (κ1) is 19.9. The third kappa shape index (κ3) is 5.29. The number of nitrogens with one attached hydrogen (secondary N) is 2. The van der Waals surface area contributed by atoms with Gasteiger partial charge >= 0.3 is 0 Å². The van der Waals surface area contributed by atoms with Crippen LogP contribution in [-0.2, 0) is 14.8 Å². The fourth-order valence-electron chi connectivity index (χ4n) is 2.10. The lowest BCUT2D eigenvalue weighted by atomic mass is 10.3. The maximum absolute atomic E-state index is 12.2. The number of hydrogen-bond acceptors (Lipinski definition) is 7. The van der Waals surface area contributed by atoms with E-state index >= 15 is 0 Å². The van der Waals surface area contributed by atoms with Gasteiger partial charge < -0.3 is 5.32 Å². The van der Waals surface area contributed by atoms with Gasteiger partial charge in [-0.1, -0.05) is 12.1 Å². The molecule has 0 saturated carbocycles. The molecule has 0 radical (unpaired) electrons. The highest BCUT2D eigenvalue weighted by molar-refractivity contribution is 7.89. The molecule has 0 unspecified atom stereocenters. The van der Waals surface area contributed by atoms with E-state index in [1.807, 2.05) is 0 Å². The molecule has 0 aliphatic rings. The second-order valence-corrected chi connectivity index (χ2v) is 6.96. The van der Waals surface area contributed by atoms with Crippen LogP contribution in [0.5, 0.6) is 0 Å². The number of hydrogen-bond donors (Lipinski definition) is 2. The summed E-state index contributed by atoms with van der Waals surface area (Å²) in [6.45, 7) is -0.285. The fraction of sp³-hybridized carbons (Fsp3) is 0.133. The largest absolute Gasteiger partial charge is 0.326 e. The number of sulfonamides is 1. The first-order valence-corrected chi connectivity index (χ1v) is 8.96. The number of benzene rings is 2. The van der Waals surface area contributed by atoms with Crippen molar-refractivity contribution in [2.24, 2.45) is 0 Å². The minimum Gasteiger partial charge on any atom is -0.326 e. The summed E-state index contributed by atoms with van der Waals surface area (Å²) >= 11 is 0. The van der Waals surface area contributed by atoms with Crippen LogP contribution >= 0.6 is 0 Å². The summed E-state index contributed by atoms with van der Waals surface area (Å²) in [4.78, 5) is 31.4. The quantitative estimate of drug-likeness (QED) is 0.509. The number of nitro benzene ring substituents is 2. The predicted molar refractivity (Wildman–Crippen MR) is 94.6 cm³/mol. The molecule has 0 fully saturated rings. The molecule has 0 aliphatic carbocycles. The van der Waals surface area contributed by atoms with Gasteiger partial charge in [0.05, 0.1) is 9.85 Å². The van der Waals surface area contributed by atoms with E-state index in [0.717, 1.165) is 12.1 Å². The second-order valence-electron chi connectivity index (χ2n) is 5.22. The van der Waals surface area contributed by atoms with Crippen LogP contribution in [0.15, 0.2) is 53.4 Å². The van der Waals surface area contributed by atoms with E-state index in [9.17, 15) is 33.4 Å². The Morgan fingerprint density at radius 3 is 2.19 bits per heavy atom. The summed E-state index contributed by atoms with van der Waals surface area (Å²) in [6, 6.07) is 9.96. The molecule has 27 heavy (non-hydrogen) atoms. The van der Waals surface area contributed by atoms with Crippen LogP contribution in [0.25, 0.3) is 0 Å². The van der Waals surface area contributed by atoms with Crippen molar-refractivity contribution in [3.8, 4) is 0 Å². The van der Waals surface area contributed by atoms with Gasteiger partial charge in [0.1, 0.15) is 0 Å². The van der Waals surface area contributed by atoms with Crippen molar-refractivity contribution in [2.75, 3.05) is 11.9 Å². The first-order chi connectivity index (χ1) is 12.7. The Balaban J connectivity index is 1.94. The summed E-state index contributed by atoms with van der Waals surface area (Å²) in [5.74, 6) is -0.533. The molecule has 2 aromatic rings. The summed E-state index contributed by atoms with van der Waals surface area (Å²) in [7, 11) is -4.17. The fourth-order valence-corrected chi connectivity index (χ4v) is 3.30. The van der Waals surface area contributed by atoms with E-state index in [1.165, 1.54) is 36.4 Å². The standard InChI is InChI=1S/C15H14N4O7S/c20-15(17-11-5-7-12(8-6-11)18(21)22)9-10-16-27(25,26)14-4-2-1-3-13(14)19(23)24/h1-8,16H,9-10H2,(H,17,20). The van der Waals surface area contributed by atoms with Crippen LogP contribution in [0.1, 0.15) is 6.42 Å².